The van der Waals surface area contributed by atoms with Crippen molar-refractivity contribution in [3.05, 3.63) is 48.5 Å². The molecule has 0 radical (unpaired) electrons. The number of anilines is 2. The number of nitrogen functional groups attached to an aromatic ring is 1. The first-order chi connectivity index (χ1) is 13.5. The number of hydrogen-bond acceptors (Lipinski definition) is 6. The van der Waals surface area contributed by atoms with E-state index >= 15 is 0 Å². The number of amides is 2. The fourth-order valence-corrected chi connectivity index (χ4v) is 4.24. The highest BCUT2D eigenvalue weighted by Gasteiger charge is 2.36. The molecule has 0 aliphatic carbocycles. The first kappa shape index (κ1) is 21.7. The minimum atomic E-state index is -2.60. The molecule has 4 N–H and O–H groups in total. The zero-order valence-corrected chi connectivity index (χ0v) is 17.4. The van der Waals surface area contributed by atoms with Crippen LogP contribution in [0.4, 0.5) is 16.2 Å². The van der Waals surface area contributed by atoms with Crippen molar-refractivity contribution in [2.75, 3.05) is 38.9 Å². The highest BCUT2D eigenvalue weighted by atomic mass is 28.4. The maximum absolute atomic E-state index is 12.0. The van der Waals surface area contributed by atoms with Crippen molar-refractivity contribution in [2.24, 2.45) is 0 Å². The minimum Gasteiger partial charge on any atom is -0.457 e. The lowest BCUT2D eigenvalue weighted by atomic mass is 10.3. The van der Waals surface area contributed by atoms with E-state index in [0.29, 0.717) is 41.9 Å². The number of carbonyl (C=O) groups is 1. The van der Waals surface area contributed by atoms with E-state index in [4.69, 9.17) is 23.7 Å². The van der Waals surface area contributed by atoms with Crippen LogP contribution in [-0.2, 0) is 13.3 Å². The van der Waals surface area contributed by atoms with Gasteiger partial charge in [0.05, 0.1) is 0 Å². The fraction of sp³-hybridized carbons (Fsp3) is 0.316. The van der Waals surface area contributed by atoms with E-state index < -0.39 is 8.80 Å². The van der Waals surface area contributed by atoms with Gasteiger partial charge in [0, 0.05) is 45.3 Å². The second kappa shape index (κ2) is 10.7. The van der Waals surface area contributed by atoms with Gasteiger partial charge in [-0.25, -0.2) is 4.79 Å². The van der Waals surface area contributed by atoms with E-state index in [-0.39, 0.29) is 6.03 Å². The van der Waals surface area contributed by atoms with E-state index in [0.717, 1.165) is 0 Å². The Balaban J connectivity index is 1.75. The van der Waals surface area contributed by atoms with Crippen molar-refractivity contribution in [1.29, 1.82) is 0 Å². The Morgan fingerprint density at radius 3 is 2.00 bits per heavy atom. The average Bonchev–Trinajstić information content (AvgIpc) is 2.72. The molecular weight excluding hydrogens is 378 g/mol. The van der Waals surface area contributed by atoms with Gasteiger partial charge in [-0.05, 0) is 55.0 Å². The van der Waals surface area contributed by atoms with Gasteiger partial charge in [-0.2, -0.15) is 0 Å². The van der Waals surface area contributed by atoms with E-state index in [1.54, 1.807) is 69.9 Å². The second-order valence-electron chi connectivity index (χ2n) is 5.98. The summed E-state index contributed by atoms with van der Waals surface area (Å²) < 4.78 is 21.8. The first-order valence-electron chi connectivity index (χ1n) is 8.84. The van der Waals surface area contributed by atoms with E-state index in [1.165, 1.54) is 0 Å². The SMILES string of the molecule is CO[Si](CCCNC(=O)Nc1ccc(Oc2ccc(N)cc2)cc1)(OC)OC. The Bertz CT molecular complexity index is 728. The number of ether oxygens (including phenoxy) is 1. The summed E-state index contributed by atoms with van der Waals surface area (Å²) in [4.78, 5) is 12.0. The monoisotopic (exact) mass is 405 g/mol. The largest absolute Gasteiger partial charge is 0.500 e. The molecule has 0 heterocycles. The van der Waals surface area contributed by atoms with Crippen LogP contribution >= 0.6 is 0 Å². The number of nitrogens with one attached hydrogen (secondary N) is 2. The molecule has 0 aliphatic heterocycles. The van der Waals surface area contributed by atoms with Gasteiger partial charge >= 0.3 is 14.8 Å². The lowest BCUT2D eigenvalue weighted by Gasteiger charge is -2.24. The summed E-state index contributed by atoms with van der Waals surface area (Å²) in [6.07, 6.45) is 0.684. The number of hydrogen-bond donors (Lipinski definition) is 3. The molecule has 152 valence electrons. The van der Waals surface area contributed by atoms with Crippen molar-refractivity contribution < 1.29 is 22.8 Å². The van der Waals surface area contributed by atoms with Gasteiger partial charge in [0.1, 0.15) is 11.5 Å². The van der Waals surface area contributed by atoms with Crippen LogP contribution in [0.2, 0.25) is 6.04 Å². The van der Waals surface area contributed by atoms with Gasteiger partial charge in [-0.3, -0.25) is 0 Å². The lowest BCUT2D eigenvalue weighted by molar-refractivity contribution is 0.123. The van der Waals surface area contributed by atoms with Gasteiger partial charge < -0.3 is 34.4 Å². The van der Waals surface area contributed by atoms with Crippen LogP contribution < -0.4 is 21.1 Å². The number of nitrogens with two attached hydrogens (primary N) is 1. The zero-order chi connectivity index (χ0) is 20.4. The number of benzene rings is 2. The quantitative estimate of drug-likeness (QED) is 0.318. The summed E-state index contributed by atoms with van der Waals surface area (Å²) in [5.74, 6) is 1.35. The molecule has 0 saturated carbocycles. The van der Waals surface area contributed by atoms with Crippen molar-refractivity contribution in [3.8, 4) is 11.5 Å². The molecule has 0 aliphatic rings. The smallest absolute Gasteiger partial charge is 0.457 e. The Morgan fingerprint density at radius 1 is 0.929 bits per heavy atom. The maximum Gasteiger partial charge on any atom is 0.500 e. The van der Waals surface area contributed by atoms with Crippen molar-refractivity contribution in [3.63, 3.8) is 0 Å². The van der Waals surface area contributed by atoms with E-state index in [9.17, 15) is 4.79 Å². The lowest BCUT2D eigenvalue weighted by Crippen LogP contribution is -2.43. The summed E-state index contributed by atoms with van der Waals surface area (Å²) in [6.45, 7) is 0.481. The molecule has 0 bridgehead atoms. The van der Waals surface area contributed by atoms with Gasteiger partial charge in [0.15, 0.2) is 0 Å². The van der Waals surface area contributed by atoms with Crippen LogP contribution in [-0.4, -0.2) is 42.7 Å². The summed E-state index contributed by atoms with van der Waals surface area (Å²) in [5, 5.41) is 5.57. The van der Waals surface area contributed by atoms with Gasteiger partial charge in [-0.1, -0.05) is 0 Å². The van der Waals surface area contributed by atoms with Gasteiger partial charge in [0.2, 0.25) is 0 Å². The molecule has 0 atom stereocenters. The van der Waals surface area contributed by atoms with Crippen LogP contribution in [0.3, 0.4) is 0 Å². The molecule has 9 heteroatoms. The van der Waals surface area contributed by atoms with Gasteiger partial charge in [-0.15, -0.1) is 0 Å². The number of urea groups is 1. The molecule has 2 aromatic rings. The number of carbonyl (C=O) groups excluding carboxylic acids is 1. The third-order valence-electron chi connectivity index (χ3n) is 4.11. The van der Waals surface area contributed by atoms with E-state index in [1.807, 2.05) is 0 Å². The maximum atomic E-state index is 12.0. The molecule has 28 heavy (non-hydrogen) atoms. The van der Waals surface area contributed by atoms with Crippen molar-refractivity contribution >= 4 is 26.2 Å². The molecule has 2 rings (SSSR count). The third kappa shape index (κ3) is 6.53. The Hall–Kier alpha value is -2.59. The van der Waals surface area contributed by atoms with E-state index in [2.05, 4.69) is 10.6 Å². The van der Waals surface area contributed by atoms with Crippen LogP contribution in [0, 0.1) is 0 Å². The Labute approximate surface area is 166 Å². The predicted octanol–water partition coefficient (Wildman–Crippen LogP) is 3.45. The molecule has 2 aromatic carbocycles. The molecule has 8 nitrogen and oxygen atoms in total. The predicted molar refractivity (Wildman–Crippen MR) is 111 cm³/mol. The molecule has 0 fully saturated rings. The second-order valence-corrected chi connectivity index (χ2v) is 9.07. The van der Waals surface area contributed by atoms with Crippen LogP contribution in [0.15, 0.2) is 48.5 Å². The van der Waals surface area contributed by atoms with Crippen molar-refractivity contribution in [1.82, 2.24) is 5.32 Å². The Morgan fingerprint density at radius 2 is 1.46 bits per heavy atom. The first-order valence-corrected chi connectivity index (χ1v) is 10.8. The standard InChI is InChI=1S/C19H27N3O5Si/c1-24-28(25-2,26-3)14-4-13-21-19(23)22-16-7-11-18(12-8-16)27-17-9-5-15(20)6-10-17/h5-12H,4,13-14,20H2,1-3H3,(H2,21,22,23). The topological polar surface area (TPSA) is 104 Å². The summed E-state index contributed by atoms with van der Waals surface area (Å²) in [5.41, 5.74) is 7.00. The van der Waals surface area contributed by atoms with Crippen LogP contribution in [0.1, 0.15) is 6.42 Å². The van der Waals surface area contributed by atoms with Gasteiger partial charge in [0.25, 0.3) is 0 Å². The molecule has 0 unspecified atom stereocenters. The average molecular weight is 406 g/mol. The fourth-order valence-electron chi connectivity index (χ4n) is 2.52. The molecule has 0 saturated heterocycles. The highest BCUT2D eigenvalue weighted by Crippen LogP contribution is 2.23. The van der Waals surface area contributed by atoms with Crippen LogP contribution in [0.25, 0.3) is 0 Å². The highest BCUT2D eigenvalue weighted by molar-refractivity contribution is 6.60. The zero-order valence-electron chi connectivity index (χ0n) is 16.4. The summed E-state index contributed by atoms with van der Waals surface area (Å²) in [6, 6.07) is 14.6. The Kier molecular flexibility index (Phi) is 8.27. The minimum absolute atomic E-state index is 0.285. The van der Waals surface area contributed by atoms with Crippen LogP contribution in [0.5, 0.6) is 11.5 Å². The summed E-state index contributed by atoms with van der Waals surface area (Å²) in [7, 11) is 2.11. The molecule has 0 spiro atoms. The van der Waals surface area contributed by atoms with Crippen molar-refractivity contribution in [2.45, 2.75) is 12.5 Å². The molecular formula is C19H27N3O5Si. The summed E-state index contributed by atoms with van der Waals surface area (Å²) >= 11 is 0. The number of rotatable bonds is 10. The normalized spacial score (nSPS) is 11.1. The molecule has 0 aromatic heterocycles. The molecule has 2 amide bonds. The third-order valence-corrected chi connectivity index (χ3v) is 6.94.